The van der Waals surface area contributed by atoms with E-state index in [4.69, 9.17) is 16.6 Å². The first-order valence-corrected chi connectivity index (χ1v) is 13.5. The van der Waals surface area contributed by atoms with Crippen molar-refractivity contribution >= 4 is 27.2 Å². The molecule has 34 heavy (non-hydrogen) atoms. The van der Waals surface area contributed by atoms with Crippen LogP contribution in [0.3, 0.4) is 0 Å². The van der Waals surface area contributed by atoms with Crippen molar-refractivity contribution in [3.63, 3.8) is 0 Å². The van der Waals surface area contributed by atoms with Gasteiger partial charge in [-0.25, -0.2) is 13.4 Å². The van der Waals surface area contributed by atoms with Crippen molar-refractivity contribution in [3.8, 4) is 0 Å². The average Bonchev–Trinajstić information content (AvgIpc) is 3.39. The number of benzene rings is 1. The Bertz CT molecular complexity index is 1200. The highest BCUT2D eigenvalue weighted by Gasteiger charge is 2.26. The number of nitrogens with one attached hydrogen (secondary N) is 1. The fourth-order valence-corrected chi connectivity index (χ4v) is 5.66. The Morgan fingerprint density at radius 3 is 2.50 bits per heavy atom. The topological polar surface area (TPSA) is 80.4 Å². The average molecular weight is 503 g/mol. The Labute approximate surface area is 208 Å². The van der Waals surface area contributed by atoms with E-state index in [0.717, 1.165) is 22.6 Å². The molecular formula is C25H34N4O3S2. The summed E-state index contributed by atoms with van der Waals surface area (Å²) in [6.45, 7) is 11.5. The van der Waals surface area contributed by atoms with Crippen molar-refractivity contribution in [3.05, 3.63) is 71.4 Å². The number of nitrogens with zero attached hydrogens (tertiary/aromatic N) is 3. The molecule has 0 atom stereocenters. The lowest BCUT2D eigenvalue weighted by atomic mass is 10.1. The van der Waals surface area contributed by atoms with Gasteiger partial charge in [0.15, 0.2) is 5.11 Å². The van der Waals surface area contributed by atoms with E-state index < -0.39 is 9.84 Å². The lowest BCUT2D eigenvalue weighted by molar-refractivity contribution is 0.335. The van der Waals surface area contributed by atoms with Gasteiger partial charge in [-0.3, -0.25) is 0 Å². The molecule has 184 valence electrons. The molecule has 0 unspecified atom stereocenters. The van der Waals surface area contributed by atoms with Crippen molar-refractivity contribution in [2.45, 2.75) is 71.2 Å². The monoisotopic (exact) mass is 502 g/mol. The van der Waals surface area contributed by atoms with Crippen LogP contribution in [0.25, 0.3) is 0 Å². The second kappa shape index (κ2) is 11.2. The minimum Gasteiger partial charge on any atom is -0.467 e. The molecule has 0 bridgehead atoms. The van der Waals surface area contributed by atoms with E-state index in [2.05, 4.69) is 24.1 Å². The molecule has 0 fully saturated rings. The van der Waals surface area contributed by atoms with Crippen LogP contribution in [0.1, 0.15) is 50.3 Å². The second-order valence-corrected chi connectivity index (χ2v) is 11.5. The number of hydrogen-bond acceptors (Lipinski definition) is 5. The highest BCUT2D eigenvalue weighted by molar-refractivity contribution is 7.90. The van der Waals surface area contributed by atoms with Crippen molar-refractivity contribution in [1.82, 2.24) is 19.8 Å². The molecule has 0 aliphatic heterocycles. The van der Waals surface area contributed by atoms with Gasteiger partial charge in [0.2, 0.25) is 15.0 Å². The summed E-state index contributed by atoms with van der Waals surface area (Å²) < 4.78 is 34.2. The first-order valence-electron chi connectivity index (χ1n) is 11.5. The fraction of sp³-hybridized carbons (Fsp3) is 0.440. The number of thiocarbonyl (C=S) groups is 1. The molecule has 0 saturated heterocycles. The number of aryl methyl sites for hydroxylation is 1. The smallest absolute Gasteiger partial charge is 0.228 e. The molecule has 3 rings (SSSR count). The highest BCUT2D eigenvalue weighted by atomic mass is 32.2. The summed E-state index contributed by atoms with van der Waals surface area (Å²) in [5.41, 5.74) is 2.52. The van der Waals surface area contributed by atoms with Gasteiger partial charge in [0.1, 0.15) is 5.76 Å². The molecule has 1 N–H and O–H groups in total. The van der Waals surface area contributed by atoms with E-state index in [1.165, 1.54) is 0 Å². The molecule has 0 spiro atoms. The largest absolute Gasteiger partial charge is 0.467 e. The first kappa shape index (κ1) is 26.0. The van der Waals surface area contributed by atoms with Gasteiger partial charge in [-0.05, 0) is 62.2 Å². The van der Waals surface area contributed by atoms with E-state index in [-0.39, 0.29) is 22.9 Å². The van der Waals surface area contributed by atoms with E-state index >= 15 is 0 Å². The van der Waals surface area contributed by atoms with Crippen LogP contribution in [0.15, 0.2) is 58.4 Å². The van der Waals surface area contributed by atoms with Crippen molar-refractivity contribution in [2.24, 2.45) is 5.92 Å². The molecular weight excluding hydrogens is 468 g/mol. The normalized spacial score (nSPS) is 11.9. The van der Waals surface area contributed by atoms with Crippen molar-refractivity contribution in [2.75, 3.05) is 0 Å². The summed E-state index contributed by atoms with van der Waals surface area (Å²) in [4.78, 5) is 6.37. The molecule has 0 aliphatic rings. The van der Waals surface area contributed by atoms with Gasteiger partial charge < -0.3 is 19.2 Å². The Balaban J connectivity index is 1.95. The van der Waals surface area contributed by atoms with Crippen LogP contribution in [0.2, 0.25) is 0 Å². The van der Waals surface area contributed by atoms with E-state index in [1.54, 1.807) is 12.5 Å². The third-order valence-corrected chi connectivity index (χ3v) is 7.26. The Hall–Kier alpha value is -2.65. The lowest BCUT2D eigenvalue weighted by Gasteiger charge is -2.27. The minimum atomic E-state index is -3.65. The molecule has 2 heterocycles. The lowest BCUT2D eigenvalue weighted by Crippen LogP contribution is -2.42. The van der Waals surface area contributed by atoms with Gasteiger partial charge in [0.05, 0.1) is 37.0 Å². The van der Waals surface area contributed by atoms with Gasteiger partial charge in [-0.2, -0.15) is 0 Å². The summed E-state index contributed by atoms with van der Waals surface area (Å²) in [5, 5.41) is 3.95. The van der Waals surface area contributed by atoms with Crippen molar-refractivity contribution in [1.29, 1.82) is 0 Å². The fourth-order valence-electron chi connectivity index (χ4n) is 3.69. The quantitative estimate of drug-likeness (QED) is 0.403. The van der Waals surface area contributed by atoms with Crippen LogP contribution >= 0.6 is 12.2 Å². The molecule has 9 heteroatoms. The summed E-state index contributed by atoms with van der Waals surface area (Å²) in [6, 6.07) is 11.4. The number of furan rings is 1. The molecule has 0 aliphatic carbocycles. The van der Waals surface area contributed by atoms with Crippen LogP contribution in [-0.4, -0.2) is 34.0 Å². The zero-order valence-corrected chi connectivity index (χ0v) is 22.1. The minimum absolute atomic E-state index is 0.0857. The predicted molar refractivity (Wildman–Crippen MR) is 138 cm³/mol. The molecule has 0 radical (unpaired) electrons. The SMILES string of the molecule is Cc1ccccc1CS(=O)(=O)c1ncc(CN(Cc2ccco2)C(=S)NC(C)C)n1CC(C)C. The summed E-state index contributed by atoms with van der Waals surface area (Å²) in [7, 11) is -3.65. The molecule has 3 aromatic rings. The highest BCUT2D eigenvalue weighted by Crippen LogP contribution is 2.22. The van der Waals surface area contributed by atoms with Crippen LogP contribution < -0.4 is 5.32 Å². The molecule has 0 saturated carbocycles. The van der Waals surface area contributed by atoms with E-state index in [0.29, 0.717) is 24.7 Å². The van der Waals surface area contributed by atoms with E-state index in [9.17, 15) is 8.42 Å². The van der Waals surface area contributed by atoms with Gasteiger partial charge in [0, 0.05) is 12.6 Å². The number of hydrogen-bond donors (Lipinski definition) is 1. The van der Waals surface area contributed by atoms with Crippen LogP contribution in [0.5, 0.6) is 0 Å². The van der Waals surface area contributed by atoms with Crippen molar-refractivity contribution < 1.29 is 12.8 Å². The maximum Gasteiger partial charge on any atom is 0.228 e. The summed E-state index contributed by atoms with van der Waals surface area (Å²) in [5.74, 6) is 0.923. The third kappa shape index (κ3) is 6.70. The standard InChI is InChI=1S/C25H34N4O3S2/c1-18(2)14-29-22(15-28(24(33)27-19(3)4)16-23-11-8-12-32-23)13-26-25(29)34(30,31)17-21-10-7-6-9-20(21)5/h6-13,18-19H,14-17H2,1-5H3,(H,27,33). The molecule has 0 amide bonds. The van der Waals surface area contributed by atoms with Gasteiger partial charge in [-0.1, -0.05) is 38.1 Å². The van der Waals surface area contributed by atoms with Gasteiger partial charge >= 0.3 is 0 Å². The number of rotatable bonds is 10. The summed E-state index contributed by atoms with van der Waals surface area (Å²) >= 11 is 5.66. The Morgan fingerprint density at radius 2 is 1.88 bits per heavy atom. The zero-order chi connectivity index (χ0) is 24.9. The maximum absolute atomic E-state index is 13.4. The van der Waals surface area contributed by atoms with Gasteiger partial charge in [0.25, 0.3) is 0 Å². The Kier molecular flexibility index (Phi) is 8.54. The van der Waals surface area contributed by atoms with Crippen LogP contribution in [0, 0.1) is 12.8 Å². The molecule has 1 aromatic carbocycles. The number of imidazole rings is 1. The second-order valence-electron chi connectivity index (χ2n) is 9.26. The van der Waals surface area contributed by atoms with E-state index in [1.807, 2.05) is 66.6 Å². The first-order chi connectivity index (χ1) is 16.1. The zero-order valence-electron chi connectivity index (χ0n) is 20.5. The predicted octanol–water partition coefficient (Wildman–Crippen LogP) is 4.70. The Morgan fingerprint density at radius 1 is 1.15 bits per heavy atom. The third-order valence-electron chi connectivity index (χ3n) is 5.31. The summed E-state index contributed by atoms with van der Waals surface area (Å²) in [6.07, 6.45) is 3.28. The van der Waals surface area contributed by atoms with Crippen LogP contribution in [-0.2, 0) is 35.2 Å². The molecule has 7 nitrogen and oxygen atoms in total. The molecule has 2 aromatic heterocycles. The number of aromatic nitrogens is 2. The van der Waals surface area contributed by atoms with Gasteiger partial charge in [-0.15, -0.1) is 0 Å². The van der Waals surface area contributed by atoms with Crippen LogP contribution in [0.4, 0.5) is 0 Å². The maximum atomic E-state index is 13.4. The number of sulfone groups is 1.